The van der Waals surface area contributed by atoms with Crippen molar-refractivity contribution in [1.82, 2.24) is 19.6 Å². The summed E-state index contributed by atoms with van der Waals surface area (Å²) in [5.74, 6) is 0.291. The monoisotopic (exact) mass is 402 g/mol. The Morgan fingerprint density at radius 2 is 1.79 bits per heavy atom. The maximum atomic E-state index is 13.4. The van der Waals surface area contributed by atoms with Gasteiger partial charge in [0.2, 0.25) is 5.89 Å². The summed E-state index contributed by atoms with van der Waals surface area (Å²) in [5, 5.41) is 3.16. The standard InChI is InChI=1S/C22H18N4O2S/c1-12-18(21-24-19-15(28-21)10-7-11-16(19)29-3)22(27)26-20(23-12)17(13(2)25-26)14-8-5-4-6-9-14/h4-11,25H,1-3H3. The van der Waals surface area contributed by atoms with E-state index in [1.54, 1.807) is 11.8 Å². The van der Waals surface area contributed by atoms with Crippen LogP contribution in [0.5, 0.6) is 0 Å². The van der Waals surface area contributed by atoms with Crippen molar-refractivity contribution in [1.29, 1.82) is 0 Å². The average molecular weight is 402 g/mol. The molecule has 0 aliphatic heterocycles. The van der Waals surface area contributed by atoms with Crippen molar-refractivity contribution < 1.29 is 4.42 Å². The second kappa shape index (κ2) is 6.63. The number of benzene rings is 2. The highest BCUT2D eigenvalue weighted by Crippen LogP contribution is 2.31. The number of thioether (sulfide) groups is 1. The highest BCUT2D eigenvalue weighted by molar-refractivity contribution is 7.98. The molecule has 0 unspecified atom stereocenters. The summed E-state index contributed by atoms with van der Waals surface area (Å²) in [7, 11) is 0. The molecule has 3 heterocycles. The van der Waals surface area contributed by atoms with E-state index >= 15 is 0 Å². The Morgan fingerprint density at radius 3 is 2.55 bits per heavy atom. The SMILES string of the molecule is CSc1cccc2oc(-c3c(C)nc4c(-c5ccccc5)c(C)[nH]n4c3=O)nc12. The van der Waals surface area contributed by atoms with E-state index in [4.69, 9.17) is 9.40 Å². The number of oxazole rings is 1. The summed E-state index contributed by atoms with van der Waals surface area (Å²) in [6.07, 6.45) is 1.99. The third-order valence-corrected chi connectivity index (χ3v) is 5.79. The van der Waals surface area contributed by atoms with Crippen LogP contribution in [-0.4, -0.2) is 25.8 Å². The van der Waals surface area contributed by atoms with Gasteiger partial charge >= 0.3 is 0 Å². The third kappa shape index (κ3) is 2.69. The smallest absolute Gasteiger partial charge is 0.285 e. The first kappa shape index (κ1) is 17.8. The Balaban J connectivity index is 1.78. The zero-order chi connectivity index (χ0) is 20.1. The van der Waals surface area contributed by atoms with Gasteiger partial charge in [-0.3, -0.25) is 9.89 Å². The number of nitrogens with one attached hydrogen (secondary N) is 1. The van der Waals surface area contributed by atoms with E-state index in [-0.39, 0.29) is 5.56 Å². The van der Waals surface area contributed by atoms with Crippen LogP contribution >= 0.6 is 11.8 Å². The van der Waals surface area contributed by atoms with Gasteiger partial charge < -0.3 is 4.42 Å². The quantitative estimate of drug-likeness (QED) is 0.437. The molecule has 0 saturated carbocycles. The third-order valence-electron chi connectivity index (χ3n) is 5.02. The minimum atomic E-state index is -0.227. The van der Waals surface area contributed by atoms with Crippen LogP contribution < -0.4 is 5.56 Å². The fraction of sp³-hybridized carbons (Fsp3) is 0.136. The summed E-state index contributed by atoms with van der Waals surface area (Å²) >= 11 is 1.59. The van der Waals surface area contributed by atoms with E-state index < -0.39 is 0 Å². The van der Waals surface area contributed by atoms with Gasteiger partial charge in [-0.25, -0.2) is 14.5 Å². The first-order valence-corrected chi connectivity index (χ1v) is 10.4. The van der Waals surface area contributed by atoms with Crippen LogP contribution in [0.25, 0.3) is 39.3 Å². The van der Waals surface area contributed by atoms with Crippen LogP contribution in [0.3, 0.4) is 0 Å². The number of hydrogen-bond donors (Lipinski definition) is 1. The topological polar surface area (TPSA) is 76.2 Å². The summed E-state index contributed by atoms with van der Waals surface area (Å²) in [6.45, 7) is 3.76. The van der Waals surface area contributed by atoms with Gasteiger partial charge in [0.15, 0.2) is 11.2 Å². The molecule has 2 aromatic carbocycles. The van der Waals surface area contributed by atoms with Gasteiger partial charge in [-0.15, -0.1) is 11.8 Å². The molecule has 5 rings (SSSR count). The molecule has 0 aliphatic carbocycles. The Hall–Kier alpha value is -3.32. The lowest BCUT2D eigenvalue weighted by atomic mass is 10.1. The van der Waals surface area contributed by atoms with Crippen molar-refractivity contribution in [2.75, 3.05) is 6.26 Å². The summed E-state index contributed by atoms with van der Waals surface area (Å²) < 4.78 is 7.41. The molecule has 0 saturated heterocycles. The van der Waals surface area contributed by atoms with Crippen LogP contribution in [0.15, 0.2) is 62.6 Å². The Morgan fingerprint density at radius 1 is 1.00 bits per heavy atom. The molecular formula is C22H18N4O2S. The lowest BCUT2D eigenvalue weighted by Crippen LogP contribution is -2.19. The number of aromatic nitrogens is 4. The van der Waals surface area contributed by atoms with Gasteiger partial charge in [0, 0.05) is 16.2 Å². The first-order valence-electron chi connectivity index (χ1n) is 9.19. The maximum Gasteiger partial charge on any atom is 0.285 e. The van der Waals surface area contributed by atoms with E-state index in [1.807, 2.05) is 68.6 Å². The Bertz CT molecular complexity index is 1430. The number of H-pyrrole nitrogens is 1. The Labute approximate surface area is 170 Å². The molecule has 6 nitrogen and oxygen atoms in total. The number of nitrogens with zero attached hydrogens (tertiary/aromatic N) is 3. The molecule has 7 heteroatoms. The molecule has 29 heavy (non-hydrogen) atoms. The summed E-state index contributed by atoms with van der Waals surface area (Å²) in [6, 6.07) is 15.7. The molecule has 0 aliphatic rings. The van der Waals surface area contributed by atoms with Crippen LogP contribution in [0, 0.1) is 13.8 Å². The van der Waals surface area contributed by atoms with E-state index in [1.165, 1.54) is 4.52 Å². The molecule has 5 aromatic rings. The number of rotatable bonds is 3. The molecule has 0 amide bonds. The minimum Gasteiger partial charge on any atom is -0.436 e. The number of aromatic amines is 1. The van der Waals surface area contributed by atoms with E-state index in [9.17, 15) is 4.79 Å². The molecule has 0 radical (unpaired) electrons. The second-order valence-corrected chi connectivity index (χ2v) is 7.69. The largest absolute Gasteiger partial charge is 0.436 e. The van der Waals surface area contributed by atoms with Crippen molar-refractivity contribution in [3.8, 4) is 22.6 Å². The summed E-state index contributed by atoms with van der Waals surface area (Å²) in [5.41, 5.74) is 5.54. The molecule has 0 bridgehead atoms. The van der Waals surface area contributed by atoms with Crippen molar-refractivity contribution in [3.63, 3.8) is 0 Å². The van der Waals surface area contributed by atoms with Crippen molar-refractivity contribution in [2.45, 2.75) is 18.7 Å². The average Bonchev–Trinajstić information content (AvgIpc) is 3.29. The van der Waals surface area contributed by atoms with Crippen LogP contribution in [-0.2, 0) is 0 Å². The van der Waals surface area contributed by atoms with Crippen molar-refractivity contribution in [3.05, 3.63) is 70.3 Å². The van der Waals surface area contributed by atoms with E-state index in [0.717, 1.165) is 27.2 Å². The van der Waals surface area contributed by atoms with Crippen molar-refractivity contribution in [2.24, 2.45) is 0 Å². The van der Waals surface area contributed by atoms with Gasteiger partial charge in [0.1, 0.15) is 11.1 Å². The predicted molar refractivity (Wildman–Crippen MR) is 116 cm³/mol. The molecule has 0 fully saturated rings. The van der Waals surface area contributed by atoms with Crippen molar-refractivity contribution >= 4 is 28.5 Å². The van der Waals surface area contributed by atoms with E-state index in [2.05, 4.69) is 10.1 Å². The first-order chi connectivity index (χ1) is 14.1. The van der Waals surface area contributed by atoms with E-state index in [0.29, 0.717) is 28.4 Å². The molecule has 144 valence electrons. The highest BCUT2D eigenvalue weighted by atomic mass is 32.2. The van der Waals surface area contributed by atoms with Crippen LogP contribution in [0.2, 0.25) is 0 Å². The fourth-order valence-corrected chi connectivity index (χ4v) is 4.24. The zero-order valence-corrected chi connectivity index (χ0v) is 17.0. The maximum absolute atomic E-state index is 13.4. The minimum absolute atomic E-state index is 0.227. The normalized spacial score (nSPS) is 11.6. The molecular weight excluding hydrogens is 384 g/mol. The lowest BCUT2D eigenvalue weighted by molar-refractivity contribution is 0.616. The lowest BCUT2D eigenvalue weighted by Gasteiger charge is -2.04. The van der Waals surface area contributed by atoms with Gasteiger partial charge in [-0.2, -0.15) is 0 Å². The number of hydrogen-bond acceptors (Lipinski definition) is 5. The highest BCUT2D eigenvalue weighted by Gasteiger charge is 2.22. The van der Waals surface area contributed by atoms with Crippen LogP contribution in [0.1, 0.15) is 11.4 Å². The molecule has 3 aromatic heterocycles. The second-order valence-electron chi connectivity index (χ2n) is 6.84. The number of fused-ring (bicyclic) bond motifs is 2. The predicted octanol–water partition coefficient (Wildman–Crippen LogP) is 4.84. The summed E-state index contributed by atoms with van der Waals surface area (Å²) in [4.78, 5) is 23.7. The number of para-hydroxylation sites is 1. The molecule has 0 spiro atoms. The molecule has 1 N–H and O–H groups in total. The van der Waals surface area contributed by atoms with Gasteiger partial charge in [-0.05, 0) is 37.8 Å². The van der Waals surface area contributed by atoms with Gasteiger partial charge in [-0.1, -0.05) is 36.4 Å². The van der Waals surface area contributed by atoms with Crippen LogP contribution in [0.4, 0.5) is 0 Å². The Kier molecular flexibility index (Phi) is 4.06. The molecule has 0 atom stereocenters. The van der Waals surface area contributed by atoms with Gasteiger partial charge in [0.05, 0.1) is 5.69 Å². The number of aryl methyl sites for hydroxylation is 2. The fourth-order valence-electron chi connectivity index (χ4n) is 3.68. The van der Waals surface area contributed by atoms with Gasteiger partial charge in [0.25, 0.3) is 5.56 Å². The zero-order valence-electron chi connectivity index (χ0n) is 16.2.